The molecule has 5 aromatic rings. The summed E-state index contributed by atoms with van der Waals surface area (Å²) in [4.78, 5) is 9.16. The van der Waals surface area contributed by atoms with E-state index in [1.54, 1.807) is 25.2 Å². The largest absolute Gasteiger partial charge is 0.497 e. The smallest absolute Gasteiger partial charge is 0.147 e. The normalized spacial score (nSPS) is 11.0. The van der Waals surface area contributed by atoms with E-state index in [0.717, 1.165) is 45.2 Å². The summed E-state index contributed by atoms with van der Waals surface area (Å²) in [6.45, 7) is 1.85. The molecule has 0 aliphatic carbocycles. The van der Waals surface area contributed by atoms with Crippen LogP contribution in [0.2, 0.25) is 0 Å². The zero-order valence-corrected chi connectivity index (χ0v) is 18.9. The molecule has 8 nitrogen and oxygen atoms in total. The molecule has 0 spiro atoms. The summed E-state index contributed by atoms with van der Waals surface area (Å²) in [6.07, 6.45) is 1.68. The number of methoxy groups -OCH3 is 2. The zero-order valence-electron chi connectivity index (χ0n) is 18.9. The van der Waals surface area contributed by atoms with Gasteiger partial charge in [0, 0.05) is 24.4 Å². The van der Waals surface area contributed by atoms with Crippen LogP contribution in [0.25, 0.3) is 28.1 Å². The molecule has 2 aromatic heterocycles. The van der Waals surface area contributed by atoms with Crippen molar-refractivity contribution >= 4 is 22.4 Å². The van der Waals surface area contributed by atoms with Crippen molar-refractivity contribution in [2.75, 3.05) is 19.5 Å². The van der Waals surface area contributed by atoms with Crippen molar-refractivity contribution in [2.45, 2.75) is 6.92 Å². The molecule has 33 heavy (non-hydrogen) atoms. The van der Waals surface area contributed by atoms with Crippen LogP contribution in [0.4, 0.5) is 11.4 Å². The maximum atomic E-state index is 5.62. The molecule has 1 N–H and O–H groups in total. The average molecular weight is 441 g/mol. The number of nitrogens with zero attached hydrogens (tertiary/aromatic N) is 5. The first-order valence-electron chi connectivity index (χ1n) is 10.5. The molecule has 8 heteroatoms. The molecular weight excluding hydrogens is 416 g/mol. The van der Waals surface area contributed by atoms with Gasteiger partial charge in [0.1, 0.15) is 40.7 Å². The van der Waals surface area contributed by atoms with Gasteiger partial charge in [-0.3, -0.25) is 0 Å². The third-order valence-corrected chi connectivity index (χ3v) is 5.55. The molecule has 0 saturated carbocycles. The number of anilines is 2. The highest BCUT2D eigenvalue weighted by molar-refractivity contribution is 5.93. The maximum Gasteiger partial charge on any atom is 0.147 e. The Labute approximate surface area is 191 Å². The van der Waals surface area contributed by atoms with Crippen molar-refractivity contribution in [1.82, 2.24) is 24.3 Å². The Hall–Kier alpha value is -4.33. The van der Waals surface area contributed by atoms with Gasteiger partial charge in [-0.1, -0.05) is 18.2 Å². The van der Waals surface area contributed by atoms with Crippen LogP contribution < -0.4 is 14.8 Å². The van der Waals surface area contributed by atoms with Gasteiger partial charge >= 0.3 is 0 Å². The van der Waals surface area contributed by atoms with E-state index in [1.165, 1.54) is 0 Å². The van der Waals surface area contributed by atoms with Crippen LogP contribution in [0.1, 0.15) is 5.82 Å². The molecule has 0 atom stereocenters. The molecule has 0 aliphatic heterocycles. The van der Waals surface area contributed by atoms with Crippen LogP contribution in [0.5, 0.6) is 11.5 Å². The van der Waals surface area contributed by atoms with E-state index >= 15 is 0 Å². The Morgan fingerprint density at radius 3 is 2.55 bits per heavy atom. The number of aryl methyl sites for hydroxylation is 2. The fourth-order valence-corrected chi connectivity index (χ4v) is 3.90. The van der Waals surface area contributed by atoms with Gasteiger partial charge in [-0.25, -0.2) is 14.6 Å². The van der Waals surface area contributed by atoms with E-state index in [1.807, 2.05) is 68.6 Å². The van der Waals surface area contributed by atoms with Crippen molar-refractivity contribution in [1.29, 1.82) is 0 Å². The van der Waals surface area contributed by atoms with Gasteiger partial charge in [-0.2, -0.15) is 5.10 Å². The summed E-state index contributed by atoms with van der Waals surface area (Å²) >= 11 is 0. The Morgan fingerprint density at radius 1 is 0.939 bits per heavy atom. The fourth-order valence-electron chi connectivity index (χ4n) is 3.90. The van der Waals surface area contributed by atoms with Gasteiger partial charge in [-0.05, 0) is 43.3 Å². The predicted octanol–water partition coefficient (Wildman–Crippen LogP) is 4.89. The number of imidazole rings is 1. The van der Waals surface area contributed by atoms with Crippen LogP contribution in [0, 0.1) is 6.92 Å². The number of para-hydroxylation sites is 1. The lowest BCUT2D eigenvalue weighted by Crippen LogP contribution is -2.00. The highest BCUT2D eigenvalue weighted by atomic mass is 16.5. The highest BCUT2D eigenvalue weighted by Gasteiger charge is 2.15. The fraction of sp³-hybridized carbons (Fsp3) is 0.160. The standard InChI is InChI=1S/C25H24N6O2/c1-16-26-15-31(29-16)21-12-11-18(14-23(21)33-4)27-20-9-6-10-22-24(20)28-25(30(22)2)17-7-5-8-19(13-17)32-3/h5-15,27H,1-4H3. The molecule has 0 unspecified atom stereocenters. The minimum absolute atomic E-state index is 0.690. The van der Waals surface area contributed by atoms with Crippen molar-refractivity contribution in [3.63, 3.8) is 0 Å². The number of hydrogen-bond acceptors (Lipinski definition) is 6. The van der Waals surface area contributed by atoms with Crippen molar-refractivity contribution in [2.24, 2.45) is 7.05 Å². The van der Waals surface area contributed by atoms with Gasteiger partial charge in [0.05, 0.1) is 25.4 Å². The van der Waals surface area contributed by atoms with Crippen LogP contribution >= 0.6 is 0 Å². The minimum Gasteiger partial charge on any atom is -0.497 e. The van der Waals surface area contributed by atoms with Gasteiger partial charge in [0.15, 0.2) is 0 Å². The Kier molecular flexibility index (Phi) is 5.18. The number of hydrogen-bond donors (Lipinski definition) is 1. The van der Waals surface area contributed by atoms with Crippen LogP contribution in [0.15, 0.2) is 67.0 Å². The summed E-state index contributed by atoms with van der Waals surface area (Å²) < 4.78 is 14.8. The zero-order chi connectivity index (χ0) is 22.9. The van der Waals surface area contributed by atoms with E-state index in [9.17, 15) is 0 Å². The second kappa shape index (κ2) is 8.31. The first kappa shape index (κ1) is 20.6. The quantitative estimate of drug-likeness (QED) is 0.405. The van der Waals surface area contributed by atoms with Crippen LogP contribution in [0.3, 0.4) is 0 Å². The molecule has 0 saturated heterocycles. The summed E-state index contributed by atoms with van der Waals surface area (Å²) in [5, 5.41) is 7.88. The molecule has 166 valence electrons. The number of fused-ring (bicyclic) bond motifs is 1. The van der Waals surface area contributed by atoms with E-state index < -0.39 is 0 Å². The predicted molar refractivity (Wildman–Crippen MR) is 129 cm³/mol. The van der Waals surface area contributed by atoms with E-state index in [2.05, 4.69) is 26.0 Å². The Morgan fingerprint density at radius 2 is 1.79 bits per heavy atom. The van der Waals surface area contributed by atoms with Gasteiger partial charge < -0.3 is 19.4 Å². The monoisotopic (exact) mass is 440 g/mol. The molecule has 0 fully saturated rings. The lowest BCUT2D eigenvalue weighted by Gasteiger charge is -2.12. The van der Waals surface area contributed by atoms with E-state index in [4.69, 9.17) is 14.5 Å². The Balaban J connectivity index is 1.53. The SMILES string of the molecule is COc1cccc(-c2nc3c(Nc4ccc(-n5cnc(C)n5)c(OC)c4)cccc3n2C)c1. The van der Waals surface area contributed by atoms with E-state index in [0.29, 0.717) is 11.6 Å². The summed E-state index contributed by atoms with van der Waals surface area (Å²) in [7, 11) is 5.33. The molecule has 2 heterocycles. The third kappa shape index (κ3) is 3.76. The molecule has 5 rings (SSSR count). The first-order valence-corrected chi connectivity index (χ1v) is 10.5. The van der Waals surface area contributed by atoms with Crippen molar-refractivity contribution in [3.05, 3.63) is 72.8 Å². The maximum absolute atomic E-state index is 5.62. The number of ether oxygens (including phenoxy) is 2. The number of benzene rings is 3. The molecule has 0 bridgehead atoms. The number of nitrogens with one attached hydrogen (secondary N) is 1. The second-order valence-corrected chi connectivity index (χ2v) is 7.65. The third-order valence-electron chi connectivity index (χ3n) is 5.55. The summed E-state index contributed by atoms with van der Waals surface area (Å²) in [5.74, 6) is 3.06. The highest BCUT2D eigenvalue weighted by Crippen LogP contribution is 2.33. The van der Waals surface area contributed by atoms with Crippen molar-refractivity contribution < 1.29 is 9.47 Å². The van der Waals surface area contributed by atoms with Crippen LogP contribution in [-0.4, -0.2) is 38.5 Å². The Bertz CT molecular complexity index is 1450. The molecule has 0 aliphatic rings. The molecule has 0 amide bonds. The lowest BCUT2D eigenvalue weighted by molar-refractivity contribution is 0.412. The number of aromatic nitrogens is 5. The topological polar surface area (TPSA) is 79.0 Å². The van der Waals surface area contributed by atoms with E-state index in [-0.39, 0.29) is 0 Å². The minimum atomic E-state index is 0.690. The van der Waals surface area contributed by atoms with Crippen molar-refractivity contribution in [3.8, 4) is 28.6 Å². The molecule has 0 radical (unpaired) electrons. The average Bonchev–Trinajstić information content (AvgIpc) is 3.43. The van der Waals surface area contributed by atoms with Gasteiger partial charge in [0.2, 0.25) is 0 Å². The summed E-state index contributed by atoms with van der Waals surface area (Å²) in [5.41, 5.74) is 5.51. The van der Waals surface area contributed by atoms with Crippen LogP contribution in [-0.2, 0) is 7.05 Å². The van der Waals surface area contributed by atoms with Gasteiger partial charge in [-0.15, -0.1) is 0 Å². The number of rotatable bonds is 6. The molecule has 3 aromatic carbocycles. The second-order valence-electron chi connectivity index (χ2n) is 7.65. The summed E-state index contributed by atoms with van der Waals surface area (Å²) in [6, 6.07) is 19.9. The molecular formula is C25H24N6O2. The first-order chi connectivity index (χ1) is 16.1. The van der Waals surface area contributed by atoms with Gasteiger partial charge in [0.25, 0.3) is 0 Å². The lowest BCUT2D eigenvalue weighted by atomic mass is 10.2.